The lowest BCUT2D eigenvalue weighted by atomic mass is 10.1. The van der Waals surface area contributed by atoms with E-state index >= 15 is 0 Å². The van der Waals surface area contributed by atoms with Crippen molar-refractivity contribution >= 4 is 29.5 Å². The fourth-order valence-electron chi connectivity index (χ4n) is 1.71. The fourth-order valence-corrected chi connectivity index (χ4v) is 1.91. The minimum absolute atomic E-state index is 0.00784. The Hall–Kier alpha value is -2.02. The van der Waals surface area contributed by atoms with Crippen molar-refractivity contribution in [2.75, 3.05) is 6.61 Å². The summed E-state index contributed by atoms with van der Waals surface area (Å²) in [4.78, 5) is 15.9. The highest BCUT2D eigenvalue weighted by Gasteiger charge is 2.25. The Kier molecular flexibility index (Phi) is 5.30. The maximum Gasteiger partial charge on any atom is 0.343 e. The van der Waals surface area contributed by atoms with Crippen LogP contribution in [0.1, 0.15) is 25.3 Å². The number of nitrogens with zero attached hydrogens (tertiary/aromatic N) is 1. The van der Waals surface area contributed by atoms with Crippen LogP contribution in [0.4, 0.5) is 13.2 Å². The van der Waals surface area contributed by atoms with Gasteiger partial charge in [-0.25, -0.2) is 18.0 Å². The molecular weight excluding hydrogens is 335 g/mol. The zero-order valence-corrected chi connectivity index (χ0v) is 12.8. The van der Waals surface area contributed by atoms with Gasteiger partial charge in [-0.05, 0) is 25.8 Å². The van der Waals surface area contributed by atoms with Gasteiger partial charge in [-0.3, -0.25) is 4.99 Å². The summed E-state index contributed by atoms with van der Waals surface area (Å²) < 4.78 is 45.2. The minimum Gasteiger partial charge on any atom is -0.506 e. The quantitative estimate of drug-likeness (QED) is 0.220. The number of carbonyl (C=O) groups excluding carboxylic acids is 1. The highest BCUT2D eigenvalue weighted by molar-refractivity contribution is 6.31. The summed E-state index contributed by atoms with van der Waals surface area (Å²) in [7, 11) is 0. The van der Waals surface area contributed by atoms with Gasteiger partial charge in [0.15, 0.2) is 17.5 Å². The predicted molar refractivity (Wildman–Crippen MR) is 79.0 cm³/mol. The van der Waals surface area contributed by atoms with E-state index in [0.717, 1.165) is 19.1 Å². The molecule has 0 aromatic heterocycles. The first-order chi connectivity index (χ1) is 10.9. The Bertz CT molecular complexity index is 700. The molecule has 0 heterocycles. The lowest BCUT2D eigenvalue weighted by molar-refractivity contribution is -0.137. The Morgan fingerprint density at radius 3 is 2.61 bits per heavy atom. The molecule has 1 N–H and O–H groups in total. The van der Waals surface area contributed by atoms with Crippen LogP contribution < -0.4 is 0 Å². The smallest absolute Gasteiger partial charge is 0.343 e. The molecule has 1 aromatic carbocycles. The molecule has 2 rings (SSSR count). The number of rotatable bonds is 5. The lowest BCUT2D eigenvalue weighted by Crippen LogP contribution is -2.12. The molecule has 8 heteroatoms. The molecule has 4 nitrogen and oxygen atoms in total. The van der Waals surface area contributed by atoms with Crippen molar-refractivity contribution in [3.63, 3.8) is 0 Å². The van der Waals surface area contributed by atoms with Crippen LogP contribution >= 0.6 is 11.6 Å². The summed E-state index contributed by atoms with van der Waals surface area (Å²) in [6, 6.07) is 0.708. The normalized spacial score (nSPS) is 15.7. The Morgan fingerprint density at radius 2 is 2.04 bits per heavy atom. The van der Waals surface area contributed by atoms with Crippen molar-refractivity contribution in [2.45, 2.75) is 25.8 Å². The molecule has 1 saturated carbocycles. The SMILES string of the molecule is CCOC(=O)C(C=NC1CC1)=C(O)c1cc(Cl)c(F)c(F)c1F. The van der Waals surface area contributed by atoms with Crippen molar-refractivity contribution in [3.05, 3.63) is 39.7 Å². The number of ether oxygens (including phenoxy) is 1. The van der Waals surface area contributed by atoms with E-state index in [1.54, 1.807) is 6.92 Å². The van der Waals surface area contributed by atoms with Gasteiger partial charge in [0.2, 0.25) is 0 Å². The third-order valence-corrected chi connectivity index (χ3v) is 3.34. The Morgan fingerprint density at radius 1 is 1.39 bits per heavy atom. The van der Waals surface area contributed by atoms with E-state index in [9.17, 15) is 23.1 Å². The van der Waals surface area contributed by atoms with Crippen LogP contribution in [-0.2, 0) is 9.53 Å². The number of hydrogen-bond acceptors (Lipinski definition) is 4. The van der Waals surface area contributed by atoms with E-state index in [0.29, 0.717) is 6.07 Å². The average molecular weight is 348 g/mol. The average Bonchev–Trinajstić information content (AvgIpc) is 3.33. The van der Waals surface area contributed by atoms with Crippen molar-refractivity contribution in [1.82, 2.24) is 0 Å². The number of carbonyl (C=O) groups is 1. The predicted octanol–water partition coefficient (Wildman–Crippen LogP) is 3.82. The molecule has 0 amide bonds. The van der Waals surface area contributed by atoms with E-state index in [1.165, 1.54) is 0 Å². The van der Waals surface area contributed by atoms with E-state index in [4.69, 9.17) is 16.3 Å². The van der Waals surface area contributed by atoms with E-state index in [2.05, 4.69) is 4.99 Å². The zero-order chi connectivity index (χ0) is 17.1. The molecule has 0 radical (unpaired) electrons. The van der Waals surface area contributed by atoms with E-state index in [-0.39, 0.29) is 12.6 Å². The lowest BCUT2D eigenvalue weighted by Gasteiger charge is -2.09. The van der Waals surface area contributed by atoms with Crippen molar-refractivity contribution in [2.24, 2.45) is 4.99 Å². The fraction of sp³-hybridized carbons (Fsp3) is 0.333. The first-order valence-corrected chi connectivity index (χ1v) is 7.21. The van der Waals surface area contributed by atoms with Crippen LogP contribution in [0.5, 0.6) is 0 Å². The van der Waals surface area contributed by atoms with Crippen molar-refractivity contribution < 1.29 is 27.8 Å². The third kappa shape index (κ3) is 3.85. The molecule has 1 fully saturated rings. The maximum atomic E-state index is 13.8. The molecule has 0 atom stereocenters. The first-order valence-electron chi connectivity index (χ1n) is 6.83. The van der Waals surface area contributed by atoms with Crippen LogP contribution in [0.3, 0.4) is 0 Å². The molecule has 23 heavy (non-hydrogen) atoms. The third-order valence-electron chi connectivity index (χ3n) is 3.07. The summed E-state index contributed by atoms with van der Waals surface area (Å²) >= 11 is 5.45. The van der Waals surface area contributed by atoms with Crippen LogP contribution in [0, 0.1) is 17.5 Å². The molecule has 0 bridgehead atoms. The van der Waals surface area contributed by atoms with Crippen molar-refractivity contribution in [3.8, 4) is 0 Å². The standard InChI is InChI=1S/C15H13ClF3NO3/c1-2-23-15(22)9(6-20-7-3-4-7)14(21)8-5-10(16)12(18)13(19)11(8)17/h5-7,21H,2-4H2,1H3. The topological polar surface area (TPSA) is 58.9 Å². The summed E-state index contributed by atoms with van der Waals surface area (Å²) in [5.74, 6) is -6.97. The summed E-state index contributed by atoms with van der Waals surface area (Å²) in [5, 5.41) is 9.40. The van der Waals surface area contributed by atoms with Gasteiger partial charge < -0.3 is 9.84 Å². The highest BCUT2D eigenvalue weighted by atomic mass is 35.5. The van der Waals surface area contributed by atoms with E-state index in [1.807, 2.05) is 0 Å². The number of esters is 1. The van der Waals surface area contributed by atoms with Gasteiger partial charge in [0, 0.05) is 6.21 Å². The first kappa shape index (κ1) is 17.3. The Labute approximate surface area is 135 Å². The van der Waals surface area contributed by atoms with Gasteiger partial charge in [0.05, 0.1) is 23.2 Å². The minimum atomic E-state index is -1.85. The van der Waals surface area contributed by atoms with Crippen LogP contribution in [0.15, 0.2) is 16.6 Å². The van der Waals surface area contributed by atoms with Crippen LogP contribution in [0.25, 0.3) is 5.76 Å². The number of halogens is 4. The molecule has 1 aliphatic carbocycles. The highest BCUT2D eigenvalue weighted by Crippen LogP contribution is 2.29. The molecule has 0 saturated heterocycles. The molecule has 0 aliphatic heterocycles. The number of aliphatic imine (C=N–C) groups is 1. The summed E-state index contributed by atoms with van der Waals surface area (Å²) in [5.41, 5.74) is -1.21. The number of hydrogen-bond donors (Lipinski definition) is 1. The van der Waals surface area contributed by atoms with Gasteiger partial charge in [0.1, 0.15) is 11.3 Å². The second kappa shape index (κ2) is 7.04. The number of benzene rings is 1. The number of aliphatic hydroxyl groups is 1. The summed E-state index contributed by atoms with van der Waals surface area (Å²) in [6.45, 7) is 1.55. The second-order valence-corrected chi connectivity index (χ2v) is 5.25. The molecular formula is C15H13ClF3NO3. The van der Waals surface area contributed by atoms with Gasteiger partial charge >= 0.3 is 5.97 Å². The molecule has 0 unspecified atom stereocenters. The zero-order valence-electron chi connectivity index (χ0n) is 12.1. The van der Waals surface area contributed by atoms with Crippen LogP contribution in [-0.4, -0.2) is 29.9 Å². The Balaban J connectivity index is 2.54. The molecule has 124 valence electrons. The summed E-state index contributed by atoms with van der Waals surface area (Å²) in [6.07, 6.45) is 2.71. The van der Waals surface area contributed by atoms with E-state index < -0.39 is 45.3 Å². The number of aliphatic hydroxyl groups excluding tert-OH is 1. The monoisotopic (exact) mass is 347 g/mol. The molecule has 0 spiro atoms. The van der Waals surface area contributed by atoms with Gasteiger partial charge in [-0.2, -0.15) is 0 Å². The molecule has 1 aliphatic rings. The maximum absolute atomic E-state index is 13.8. The second-order valence-electron chi connectivity index (χ2n) is 4.84. The van der Waals surface area contributed by atoms with Gasteiger partial charge in [-0.15, -0.1) is 0 Å². The van der Waals surface area contributed by atoms with Crippen molar-refractivity contribution in [1.29, 1.82) is 0 Å². The van der Waals surface area contributed by atoms with Crippen LogP contribution in [0.2, 0.25) is 5.02 Å². The van der Waals surface area contributed by atoms with Gasteiger partial charge in [-0.1, -0.05) is 11.6 Å². The largest absolute Gasteiger partial charge is 0.506 e. The molecule has 1 aromatic rings. The van der Waals surface area contributed by atoms with Gasteiger partial charge in [0.25, 0.3) is 0 Å².